The monoisotopic (exact) mass is 412 g/mol. The zero-order chi connectivity index (χ0) is 20.8. The van der Waals surface area contributed by atoms with Crippen molar-refractivity contribution in [1.29, 1.82) is 0 Å². The van der Waals surface area contributed by atoms with Gasteiger partial charge in [0.2, 0.25) is 5.91 Å². The summed E-state index contributed by atoms with van der Waals surface area (Å²) in [5.41, 5.74) is 1.96. The Balaban J connectivity index is 1.61. The molecule has 29 heavy (non-hydrogen) atoms. The quantitative estimate of drug-likeness (QED) is 0.658. The second kappa shape index (κ2) is 9.54. The minimum absolute atomic E-state index is 0.108. The van der Waals surface area contributed by atoms with Gasteiger partial charge in [0.25, 0.3) is 0 Å². The van der Waals surface area contributed by atoms with Crippen LogP contribution in [-0.2, 0) is 4.79 Å². The smallest absolute Gasteiger partial charge is 0.320 e. The predicted octanol–water partition coefficient (Wildman–Crippen LogP) is 2.71. The number of nitrogens with one attached hydrogen (secondary N) is 2. The van der Waals surface area contributed by atoms with Gasteiger partial charge in [-0.1, -0.05) is 24.3 Å². The number of hydrogen-bond donors (Lipinski definition) is 3. The maximum absolute atomic E-state index is 12.2. The number of thiazole rings is 1. The summed E-state index contributed by atoms with van der Waals surface area (Å²) < 4.78 is 0. The van der Waals surface area contributed by atoms with Gasteiger partial charge in [0.1, 0.15) is 5.82 Å². The standard InChI is InChI=1S/C21H24N4O3S/c1-3-20-23-19(13-29-20)24-21(28)22-18(12-26)16-8-6-15(7-9-16)17-5-4-10-25(11-17)14(2)27/h1,6-9,13,17-18,26H,4-5,10-12H2,2H3,(H2,22,24,28)/t17?,18-/m0/s1. The van der Waals surface area contributed by atoms with Crippen molar-refractivity contribution in [3.05, 3.63) is 45.8 Å². The van der Waals surface area contributed by atoms with Crippen LogP contribution in [0.25, 0.3) is 0 Å². The van der Waals surface area contributed by atoms with Crippen LogP contribution in [0, 0.1) is 12.3 Å². The Morgan fingerprint density at radius 1 is 1.41 bits per heavy atom. The number of nitrogens with zero attached hydrogens (tertiary/aromatic N) is 2. The van der Waals surface area contributed by atoms with E-state index in [0.717, 1.165) is 37.1 Å². The van der Waals surface area contributed by atoms with Gasteiger partial charge in [-0.15, -0.1) is 17.8 Å². The van der Waals surface area contributed by atoms with Crippen molar-refractivity contribution in [3.8, 4) is 12.3 Å². The molecule has 1 aliphatic heterocycles. The second-order valence-corrected chi connectivity index (χ2v) is 7.84. The third-order valence-corrected chi connectivity index (χ3v) is 5.81. The van der Waals surface area contributed by atoms with Gasteiger partial charge in [0, 0.05) is 31.3 Å². The molecule has 8 heteroatoms. The van der Waals surface area contributed by atoms with Crippen LogP contribution >= 0.6 is 11.3 Å². The van der Waals surface area contributed by atoms with E-state index >= 15 is 0 Å². The summed E-state index contributed by atoms with van der Waals surface area (Å²) in [4.78, 5) is 29.8. The third kappa shape index (κ3) is 5.34. The number of piperidine rings is 1. The Morgan fingerprint density at radius 3 is 2.79 bits per heavy atom. The van der Waals surface area contributed by atoms with Gasteiger partial charge in [-0.05, 0) is 29.9 Å². The summed E-state index contributed by atoms with van der Waals surface area (Å²) in [5.74, 6) is 3.20. The number of aromatic nitrogens is 1. The maximum atomic E-state index is 12.2. The number of amides is 3. The minimum atomic E-state index is -0.546. The van der Waals surface area contributed by atoms with Crippen molar-refractivity contribution in [3.63, 3.8) is 0 Å². The number of hydrogen-bond acceptors (Lipinski definition) is 5. The number of rotatable bonds is 5. The van der Waals surface area contributed by atoms with E-state index in [-0.39, 0.29) is 12.5 Å². The molecule has 0 bridgehead atoms. The zero-order valence-electron chi connectivity index (χ0n) is 16.2. The van der Waals surface area contributed by atoms with E-state index in [1.54, 1.807) is 12.3 Å². The van der Waals surface area contributed by atoms with Crippen LogP contribution in [0.4, 0.5) is 10.6 Å². The molecule has 2 heterocycles. The number of aliphatic hydroxyl groups is 1. The Bertz CT molecular complexity index is 903. The number of terminal acetylenes is 1. The van der Waals surface area contributed by atoms with Crippen LogP contribution in [-0.4, -0.2) is 46.6 Å². The van der Waals surface area contributed by atoms with Crippen molar-refractivity contribution >= 4 is 29.1 Å². The molecule has 2 aromatic rings. The van der Waals surface area contributed by atoms with E-state index < -0.39 is 12.1 Å². The van der Waals surface area contributed by atoms with E-state index in [9.17, 15) is 14.7 Å². The van der Waals surface area contributed by atoms with Crippen molar-refractivity contribution in [2.45, 2.75) is 31.7 Å². The summed E-state index contributed by atoms with van der Waals surface area (Å²) in [7, 11) is 0. The van der Waals surface area contributed by atoms with E-state index in [1.807, 2.05) is 29.2 Å². The largest absolute Gasteiger partial charge is 0.394 e. The average Bonchev–Trinajstić information content (AvgIpc) is 3.19. The fourth-order valence-electron chi connectivity index (χ4n) is 3.48. The Labute approximate surface area is 174 Å². The van der Waals surface area contributed by atoms with Crippen LogP contribution in [0.3, 0.4) is 0 Å². The number of carbonyl (C=O) groups is 2. The topological polar surface area (TPSA) is 94.6 Å². The molecule has 1 aromatic carbocycles. The Morgan fingerprint density at radius 2 is 2.17 bits per heavy atom. The summed E-state index contributed by atoms with van der Waals surface area (Å²) in [6, 6.07) is 6.81. The maximum Gasteiger partial charge on any atom is 0.320 e. The van der Waals surface area contributed by atoms with Crippen molar-refractivity contribution in [2.24, 2.45) is 0 Å². The Hall–Kier alpha value is -2.89. The minimum Gasteiger partial charge on any atom is -0.394 e. The summed E-state index contributed by atoms with van der Waals surface area (Å²) in [6.45, 7) is 2.91. The van der Waals surface area contributed by atoms with Gasteiger partial charge in [-0.3, -0.25) is 10.1 Å². The highest BCUT2D eigenvalue weighted by atomic mass is 32.1. The number of anilines is 1. The van der Waals surface area contributed by atoms with E-state index in [2.05, 4.69) is 21.5 Å². The van der Waals surface area contributed by atoms with E-state index in [4.69, 9.17) is 6.42 Å². The molecule has 1 unspecified atom stereocenters. The molecule has 0 aliphatic carbocycles. The molecule has 0 spiro atoms. The average molecular weight is 413 g/mol. The molecule has 1 saturated heterocycles. The Kier molecular flexibility index (Phi) is 6.86. The van der Waals surface area contributed by atoms with Gasteiger partial charge in [0.15, 0.2) is 5.01 Å². The lowest BCUT2D eigenvalue weighted by molar-refractivity contribution is -0.130. The summed E-state index contributed by atoms with van der Waals surface area (Å²) >= 11 is 1.27. The van der Waals surface area contributed by atoms with Crippen LogP contribution < -0.4 is 10.6 Å². The van der Waals surface area contributed by atoms with Crippen molar-refractivity contribution < 1.29 is 14.7 Å². The number of carbonyl (C=O) groups excluding carboxylic acids is 2. The van der Waals surface area contributed by atoms with Gasteiger partial charge in [0.05, 0.1) is 12.6 Å². The highest BCUT2D eigenvalue weighted by molar-refractivity contribution is 7.10. The molecule has 2 atom stereocenters. The van der Waals surface area contributed by atoms with Gasteiger partial charge in [-0.25, -0.2) is 9.78 Å². The SMILES string of the molecule is C#Cc1nc(NC(=O)N[C@@H](CO)c2ccc(C3CCCN(C(C)=O)C3)cc2)cs1. The van der Waals surface area contributed by atoms with Gasteiger partial charge < -0.3 is 15.3 Å². The van der Waals surface area contributed by atoms with Crippen LogP contribution in [0.5, 0.6) is 0 Å². The molecule has 3 N–H and O–H groups in total. The fourth-order valence-corrected chi connectivity index (χ4v) is 4.03. The lowest BCUT2D eigenvalue weighted by Crippen LogP contribution is -2.37. The molecule has 3 rings (SSSR count). The van der Waals surface area contributed by atoms with E-state index in [1.165, 1.54) is 11.3 Å². The molecule has 1 aliphatic rings. The predicted molar refractivity (Wildman–Crippen MR) is 113 cm³/mol. The molecular formula is C21H24N4O3S. The molecule has 0 radical (unpaired) electrons. The highest BCUT2D eigenvalue weighted by Gasteiger charge is 2.23. The number of likely N-dealkylation sites (tertiary alicyclic amines) is 1. The first kappa shape index (κ1) is 20.8. The first-order chi connectivity index (χ1) is 14.0. The normalized spacial score (nSPS) is 17.3. The molecular weight excluding hydrogens is 388 g/mol. The van der Waals surface area contributed by atoms with Crippen LogP contribution in [0.2, 0.25) is 0 Å². The summed E-state index contributed by atoms with van der Waals surface area (Å²) in [5, 5.41) is 17.2. The summed E-state index contributed by atoms with van der Waals surface area (Å²) in [6.07, 6.45) is 7.31. The molecule has 152 valence electrons. The fraction of sp³-hybridized carbons (Fsp3) is 0.381. The second-order valence-electron chi connectivity index (χ2n) is 6.99. The molecule has 1 fully saturated rings. The zero-order valence-corrected chi connectivity index (χ0v) is 17.0. The number of aliphatic hydroxyl groups excluding tert-OH is 1. The lowest BCUT2D eigenvalue weighted by Gasteiger charge is -2.32. The molecule has 1 aromatic heterocycles. The number of benzene rings is 1. The van der Waals surface area contributed by atoms with Crippen LogP contribution in [0.1, 0.15) is 47.9 Å². The van der Waals surface area contributed by atoms with E-state index in [0.29, 0.717) is 16.7 Å². The number of urea groups is 1. The van der Waals surface area contributed by atoms with Crippen LogP contribution in [0.15, 0.2) is 29.6 Å². The third-order valence-electron chi connectivity index (χ3n) is 5.03. The molecule has 7 nitrogen and oxygen atoms in total. The van der Waals surface area contributed by atoms with Crippen molar-refractivity contribution in [2.75, 3.05) is 25.0 Å². The molecule has 0 saturated carbocycles. The first-order valence-electron chi connectivity index (χ1n) is 9.46. The molecule has 3 amide bonds. The first-order valence-corrected chi connectivity index (χ1v) is 10.3. The highest BCUT2D eigenvalue weighted by Crippen LogP contribution is 2.28. The van der Waals surface area contributed by atoms with Crippen molar-refractivity contribution in [1.82, 2.24) is 15.2 Å². The lowest BCUT2D eigenvalue weighted by atomic mass is 9.89. The van der Waals surface area contributed by atoms with Gasteiger partial charge in [-0.2, -0.15) is 0 Å². The van der Waals surface area contributed by atoms with Gasteiger partial charge >= 0.3 is 6.03 Å².